The molecule has 3 heterocycles. The summed E-state index contributed by atoms with van der Waals surface area (Å²) in [5, 5.41) is 55.5. The Balaban J connectivity index is 0.000000162. The van der Waals surface area contributed by atoms with Gasteiger partial charge in [-0.1, -0.05) is 60.1 Å². The summed E-state index contributed by atoms with van der Waals surface area (Å²) < 4.78 is 21.6. The molecule has 1 aromatic heterocycles. The number of piperidine rings is 1. The third-order valence-electron chi connectivity index (χ3n) is 11.3. The number of carboxylic acids is 2. The molecule has 0 spiro atoms. The lowest BCUT2D eigenvalue weighted by molar-refractivity contribution is 0.0682. The van der Waals surface area contributed by atoms with Crippen molar-refractivity contribution in [3.05, 3.63) is 116 Å². The maximum absolute atomic E-state index is 15.2. The number of halogens is 2. The van der Waals surface area contributed by atoms with Crippen molar-refractivity contribution in [2.45, 2.75) is 44.2 Å². The van der Waals surface area contributed by atoms with Crippen LogP contribution >= 0.6 is 11.6 Å². The first kappa shape index (κ1) is 38.5. The van der Waals surface area contributed by atoms with E-state index >= 15 is 4.39 Å². The average molecular weight is 810 g/mol. The summed E-state index contributed by atoms with van der Waals surface area (Å²) in [6.45, 7) is 2.35. The first-order chi connectivity index (χ1) is 27.8. The van der Waals surface area contributed by atoms with Gasteiger partial charge in [0.05, 0.1) is 27.8 Å². The van der Waals surface area contributed by atoms with Crippen molar-refractivity contribution in [1.29, 1.82) is 0 Å². The van der Waals surface area contributed by atoms with Gasteiger partial charge in [-0.3, -0.25) is 4.79 Å². The number of anilines is 1. The molecule has 3 fully saturated rings. The largest absolute Gasteiger partial charge is 0.511 e. The molecule has 0 radical (unpaired) electrons. The Morgan fingerprint density at radius 3 is 1.95 bits per heavy atom. The van der Waals surface area contributed by atoms with Crippen LogP contribution in [0.4, 0.5) is 14.9 Å². The molecule has 0 bridgehead atoms. The highest BCUT2D eigenvalue weighted by molar-refractivity contribution is 6.38. The van der Waals surface area contributed by atoms with E-state index in [1.54, 1.807) is 53.1 Å². The molecule has 13 nitrogen and oxygen atoms in total. The highest BCUT2D eigenvalue weighted by Gasteiger charge is 2.37. The molecular weight excluding hydrogens is 773 g/mol. The van der Waals surface area contributed by atoms with Gasteiger partial charge in [0.2, 0.25) is 5.43 Å². The van der Waals surface area contributed by atoms with Crippen molar-refractivity contribution in [2.75, 3.05) is 24.5 Å². The molecule has 298 valence electrons. The lowest BCUT2D eigenvalue weighted by Gasteiger charge is -2.24. The number of pyridine rings is 1. The molecule has 9 rings (SSSR count). The van der Waals surface area contributed by atoms with Gasteiger partial charge in [0.15, 0.2) is 5.75 Å². The predicted molar refractivity (Wildman–Crippen MR) is 215 cm³/mol. The lowest BCUT2D eigenvalue weighted by Crippen LogP contribution is -2.40. The van der Waals surface area contributed by atoms with E-state index in [1.807, 2.05) is 4.90 Å². The number of phenols is 2. The summed E-state index contributed by atoms with van der Waals surface area (Å²) in [7, 11) is 0. The number of aromatic hydroxyl groups is 2. The van der Waals surface area contributed by atoms with Gasteiger partial charge >= 0.3 is 18.1 Å². The van der Waals surface area contributed by atoms with Gasteiger partial charge < -0.3 is 45.1 Å². The minimum Gasteiger partial charge on any atom is -0.507 e. The third-order valence-corrected chi connectivity index (χ3v) is 11.6. The number of ether oxygens (including phenoxy) is 1. The van der Waals surface area contributed by atoms with Gasteiger partial charge in [0.1, 0.15) is 28.4 Å². The molecule has 2 aliphatic heterocycles. The summed E-state index contributed by atoms with van der Waals surface area (Å²) in [5.74, 6) is -3.82. The van der Waals surface area contributed by atoms with Crippen LogP contribution in [-0.2, 0) is 6.42 Å². The number of nitrogens with one attached hydrogen (secondary N) is 1. The molecule has 2 atom stereocenters. The van der Waals surface area contributed by atoms with Gasteiger partial charge in [-0.15, -0.1) is 0 Å². The fraction of sp³-hybridized carbons (Fsp3) is 0.256. The Morgan fingerprint density at radius 1 is 0.828 bits per heavy atom. The standard InChI is InChI=1S/C23H16O6.C20H21ClFN3O4/c24-20-16(14-7-3-1-5-12(14)9-18(20)22(26)27)11-17-15-8-4-2-6-13(15)10-19(21(17)25)23(28)29;21-16-17-12(19(26)15(29-20(27)28)9-25(17)11-3-4-11)6-13(22)18(16)24-7-10-2-1-5-23-14(10)8-24/h1-10,24-25H,11H2,(H,26,27)(H,28,29);6,9-11,14,23H,1-5,7-8H2,(H,27,28)/t;10-,14+/m.0/s1. The fourth-order valence-electron chi connectivity index (χ4n) is 8.42. The van der Waals surface area contributed by atoms with Gasteiger partial charge in [0, 0.05) is 42.7 Å². The number of hydrogen-bond acceptors (Lipinski definition) is 9. The maximum atomic E-state index is 15.2. The summed E-state index contributed by atoms with van der Waals surface area (Å²) in [5.41, 5.74) is 0.191. The van der Waals surface area contributed by atoms with Crippen molar-refractivity contribution >= 4 is 67.8 Å². The van der Waals surface area contributed by atoms with Crippen molar-refractivity contribution < 1.29 is 49.0 Å². The second-order valence-electron chi connectivity index (χ2n) is 14.8. The summed E-state index contributed by atoms with van der Waals surface area (Å²) in [6.07, 6.45) is 3.73. The van der Waals surface area contributed by atoms with E-state index in [0.29, 0.717) is 68.9 Å². The van der Waals surface area contributed by atoms with E-state index in [0.717, 1.165) is 32.2 Å². The van der Waals surface area contributed by atoms with E-state index in [4.69, 9.17) is 16.7 Å². The van der Waals surface area contributed by atoms with Crippen LogP contribution in [0.5, 0.6) is 17.2 Å². The van der Waals surface area contributed by atoms with Crippen molar-refractivity contribution in [3.63, 3.8) is 0 Å². The first-order valence-corrected chi connectivity index (χ1v) is 19.1. The Bertz CT molecular complexity index is 2640. The molecule has 58 heavy (non-hydrogen) atoms. The minimum atomic E-state index is -1.58. The first-order valence-electron chi connectivity index (χ1n) is 18.7. The predicted octanol–water partition coefficient (Wildman–Crippen LogP) is 7.77. The molecule has 6 N–H and O–H groups in total. The number of carboxylic acid groups (broad SMARTS) is 3. The Kier molecular flexibility index (Phi) is 10.1. The Morgan fingerprint density at radius 2 is 1.41 bits per heavy atom. The van der Waals surface area contributed by atoms with Crippen molar-refractivity contribution in [2.24, 2.45) is 5.92 Å². The Hall–Kier alpha value is -6.38. The summed E-state index contributed by atoms with van der Waals surface area (Å²) in [4.78, 5) is 48.9. The topological polar surface area (TPSA) is 199 Å². The zero-order valence-electron chi connectivity index (χ0n) is 30.7. The number of aromatic nitrogens is 1. The number of hydrogen-bond donors (Lipinski definition) is 6. The smallest absolute Gasteiger partial charge is 0.507 e. The van der Waals surface area contributed by atoms with Crippen molar-refractivity contribution in [3.8, 4) is 17.2 Å². The van der Waals surface area contributed by atoms with Gasteiger partial charge in [0.25, 0.3) is 0 Å². The molecule has 15 heteroatoms. The second-order valence-corrected chi connectivity index (χ2v) is 15.2. The van der Waals surface area contributed by atoms with Crippen LogP contribution in [0.1, 0.15) is 63.6 Å². The van der Waals surface area contributed by atoms with Crippen LogP contribution in [0.2, 0.25) is 5.02 Å². The second kappa shape index (κ2) is 15.2. The number of carbonyl (C=O) groups is 3. The van der Waals surface area contributed by atoms with E-state index in [9.17, 15) is 39.6 Å². The molecular formula is C43H37ClFN3O10. The molecule has 1 aliphatic carbocycles. The van der Waals surface area contributed by atoms with E-state index in [2.05, 4.69) is 10.1 Å². The van der Waals surface area contributed by atoms with Crippen LogP contribution in [0.25, 0.3) is 32.4 Å². The van der Waals surface area contributed by atoms with E-state index < -0.39 is 40.8 Å². The van der Waals surface area contributed by atoms with E-state index in [-0.39, 0.29) is 39.7 Å². The quantitative estimate of drug-likeness (QED) is 0.0858. The number of benzene rings is 5. The molecule has 2 saturated heterocycles. The highest BCUT2D eigenvalue weighted by atomic mass is 35.5. The van der Waals surface area contributed by atoms with Crippen LogP contribution in [0.3, 0.4) is 0 Å². The number of aromatic carboxylic acids is 2. The zero-order chi connectivity index (χ0) is 41.0. The third kappa shape index (κ3) is 6.98. The zero-order valence-corrected chi connectivity index (χ0v) is 31.5. The van der Waals surface area contributed by atoms with Gasteiger partial charge in [-0.05, 0) is 77.9 Å². The van der Waals surface area contributed by atoms with Gasteiger partial charge in [-0.2, -0.15) is 0 Å². The highest BCUT2D eigenvalue weighted by Crippen LogP contribution is 2.44. The van der Waals surface area contributed by atoms with Crippen LogP contribution in [-0.4, -0.2) is 73.9 Å². The monoisotopic (exact) mass is 809 g/mol. The van der Waals surface area contributed by atoms with Crippen LogP contribution < -0.4 is 20.4 Å². The molecule has 5 aromatic carbocycles. The number of rotatable bonds is 7. The molecule has 1 saturated carbocycles. The number of nitrogens with zero attached hydrogens (tertiary/aromatic N) is 2. The number of fused-ring (bicyclic) bond motifs is 4. The Labute approximate surface area is 334 Å². The lowest BCUT2D eigenvalue weighted by atomic mass is 9.90. The normalized spacial score (nSPS) is 17.5. The molecule has 0 unspecified atom stereocenters. The van der Waals surface area contributed by atoms with Crippen molar-refractivity contribution in [1.82, 2.24) is 9.88 Å². The molecule has 3 aliphatic rings. The molecule has 0 amide bonds. The van der Waals surface area contributed by atoms with Gasteiger partial charge in [-0.25, -0.2) is 18.8 Å². The summed E-state index contributed by atoms with van der Waals surface area (Å²) >= 11 is 6.71. The van der Waals surface area contributed by atoms with E-state index in [1.165, 1.54) is 24.4 Å². The SMILES string of the molecule is O=C(O)Oc1cn(C2CC2)c2c(Cl)c(N3C[C@@H]4CCCN[C@@H]4C3)c(F)cc2c1=O.O=C(O)c1cc2ccccc2c(Cc2c(O)c(C(=O)O)cc3ccccc23)c1O. The fourth-order valence-corrected chi connectivity index (χ4v) is 8.83. The van der Waals surface area contributed by atoms with Crippen LogP contribution in [0, 0.1) is 11.7 Å². The maximum Gasteiger partial charge on any atom is 0.511 e. The molecule has 6 aromatic rings. The minimum absolute atomic E-state index is 0.0386. The van der Waals surface area contributed by atoms with Crippen LogP contribution in [0.15, 0.2) is 77.7 Å². The summed E-state index contributed by atoms with van der Waals surface area (Å²) in [6, 6.07) is 18.3. The average Bonchev–Trinajstić information content (AvgIpc) is 3.95.